The van der Waals surface area contributed by atoms with Crippen LogP contribution >= 0.6 is 0 Å². The summed E-state index contributed by atoms with van der Waals surface area (Å²) in [7, 11) is -3.69. The first-order chi connectivity index (χ1) is 13.2. The third kappa shape index (κ3) is 6.60. The predicted octanol–water partition coefficient (Wildman–Crippen LogP) is 2.21. The molecule has 1 amide bonds. The lowest BCUT2D eigenvalue weighted by atomic mass is 9.86. The van der Waals surface area contributed by atoms with Crippen LogP contribution in [0.3, 0.4) is 0 Å². The highest BCUT2D eigenvalue weighted by Gasteiger charge is 2.23. The molecule has 0 unspecified atom stereocenters. The van der Waals surface area contributed by atoms with E-state index in [1.807, 2.05) is 13.8 Å². The maximum atomic E-state index is 12.3. The number of carbonyl (C=O) groups is 2. The minimum Gasteiger partial charge on any atom is -0.456 e. The average molecular weight is 411 g/mol. The van der Waals surface area contributed by atoms with Gasteiger partial charge in [0.05, 0.1) is 11.3 Å². The summed E-state index contributed by atoms with van der Waals surface area (Å²) in [5.41, 5.74) is 1.88. The summed E-state index contributed by atoms with van der Waals surface area (Å²) in [6, 6.07) is 4.99. The van der Waals surface area contributed by atoms with Crippen LogP contribution in [0.15, 0.2) is 23.1 Å². The van der Waals surface area contributed by atoms with Gasteiger partial charge >= 0.3 is 5.97 Å². The summed E-state index contributed by atoms with van der Waals surface area (Å²) >= 11 is 0. The van der Waals surface area contributed by atoms with Gasteiger partial charge in [0.1, 0.15) is 0 Å². The molecule has 0 aliphatic heterocycles. The first kappa shape index (κ1) is 22.4. The van der Waals surface area contributed by atoms with Gasteiger partial charge in [0.25, 0.3) is 5.91 Å². The van der Waals surface area contributed by atoms with Gasteiger partial charge in [-0.3, -0.25) is 9.59 Å². The van der Waals surface area contributed by atoms with Gasteiger partial charge in [-0.2, -0.15) is 0 Å². The molecule has 0 bridgehead atoms. The highest BCUT2D eigenvalue weighted by Crippen LogP contribution is 2.23. The van der Waals surface area contributed by atoms with Crippen LogP contribution in [0.5, 0.6) is 0 Å². The minimum atomic E-state index is -3.69. The summed E-state index contributed by atoms with van der Waals surface area (Å²) in [6.45, 7) is 5.42. The van der Waals surface area contributed by atoms with Gasteiger partial charge in [-0.15, -0.1) is 0 Å². The second-order valence-corrected chi connectivity index (χ2v) is 9.26. The number of amides is 1. The Bertz CT molecular complexity index is 807. The van der Waals surface area contributed by atoms with Crippen LogP contribution in [-0.4, -0.2) is 39.5 Å². The van der Waals surface area contributed by atoms with Crippen LogP contribution < -0.4 is 10.0 Å². The zero-order chi connectivity index (χ0) is 20.7. The molecule has 8 heteroatoms. The summed E-state index contributed by atoms with van der Waals surface area (Å²) in [4.78, 5) is 23.9. The van der Waals surface area contributed by atoms with Gasteiger partial charge in [0, 0.05) is 12.6 Å². The number of nitrogens with one attached hydrogen (secondary N) is 2. The van der Waals surface area contributed by atoms with E-state index < -0.39 is 16.0 Å². The number of aryl methyl sites for hydroxylation is 2. The summed E-state index contributed by atoms with van der Waals surface area (Å²) in [6.07, 6.45) is 4.17. The van der Waals surface area contributed by atoms with E-state index in [4.69, 9.17) is 4.74 Å². The van der Waals surface area contributed by atoms with E-state index in [-0.39, 0.29) is 36.4 Å². The number of sulfonamides is 1. The molecule has 0 radical (unpaired) electrons. The van der Waals surface area contributed by atoms with Crippen LogP contribution in [0.2, 0.25) is 0 Å². The standard InChI is InChI=1S/C20H30N2O5S/c1-14-8-9-17(12-16(14)3)28(25,26)21-11-10-20(24)27-13-19(23)22-18-7-5-4-6-15(18)2/h8-9,12,15,18,21H,4-7,10-11,13H2,1-3H3,(H,22,23)/t15-,18-/m1/s1. The smallest absolute Gasteiger partial charge is 0.307 e. The van der Waals surface area contributed by atoms with Crippen molar-refractivity contribution in [1.29, 1.82) is 0 Å². The van der Waals surface area contributed by atoms with Crippen LogP contribution in [0.25, 0.3) is 0 Å². The molecule has 1 fully saturated rings. The van der Waals surface area contributed by atoms with Crippen molar-refractivity contribution in [1.82, 2.24) is 10.0 Å². The molecule has 156 valence electrons. The second kappa shape index (κ2) is 10.0. The number of rotatable bonds is 8. The Hall–Kier alpha value is -1.93. The van der Waals surface area contributed by atoms with E-state index in [0.717, 1.165) is 30.4 Å². The Labute approximate surface area is 167 Å². The van der Waals surface area contributed by atoms with E-state index in [1.54, 1.807) is 12.1 Å². The predicted molar refractivity (Wildman–Crippen MR) is 106 cm³/mol. The number of benzene rings is 1. The Morgan fingerprint density at radius 1 is 1.14 bits per heavy atom. The third-order valence-corrected chi connectivity index (χ3v) is 6.69. The largest absolute Gasteiger partial charge is 0.456 e. The SMILES string of the molecule is Cc1ccc(S(=O)(=O)NCCC(=O)OCC(=O)N[C@@H]2CCCC[C@H]2C)cc1C. The number of hydrogen-bond acceptors (Lipinski definition) is 5. The molecule has 0 spiro atoms. The van der Waals surface area contributed by atoms with Crippen molar-refractivity contribution in [3.05, 3.63) is 29.3 Å². The Morgan fingerprint density at radius 2 is 1.86 bits per heavy atom. The van der Waals surface area contributed by atoms with Gasteiger partial charge in [-0.25, -0.2) is 13.1 Å². The molecule has 0 saturated heterocycles. The molecule has 1 aromatic carbocycles. The van der Waals surface area contributed by atoms with Crippen molar-refractivity contribution in [2.24, 2.45) is 5.92 Å². The second-order valence-electron chi connectivity index (χ2n) is 7.49. The normalized spacial score (nSPS) is 19.8. The van der Waals surface area contributed by atoms with Crippen LogP contribution in [0, 0.1) is 19.8 Å². The molecule has 1 aliphatic carbocycles. The van der Waals surface area contributed by atoms with Crippen molar-refractivity contribution in [2.75, 3.05) is 13.2 Å². The zero-order valence-electron chi connectivity index (χ0n) is 16.8. The van der Waals surface area contributed by atoms with E-state index in [1.165, 1.54) is 12.5 Å². The lowest BCUT2D eigenvalue weighted by Gasteiger charge is -2.29. The maximum Gasteiger partial charge on any atom is 0.307 e. The molecule has 1 aliphatic rings. The van der Waals surface area contributed by atoms with Crippen LogP contribution in [0.1, 0.15) is 50.2 Å². The number of ether oxygens (including phenoxy) is 1. The van der Waals surface area contributed by atoms with Gasteiger partial charge in [-0.05, 0) is 55.9 Å². The van der Waals surface area contributed by atoms with Crippen LogP contribution in [0.4, 0.5) is 0 Å². The Morgan fingerprint density at radius 3 is 2.54 bits per heavy atom. The summed E-state index contributed by atoms with van der Waals surface area (Å²) in [5.74, 6) is -0.509. The molecule has 0 heterocycles. The molecule has 28 heavy (non-hydrogen) atoms. The van der Waals surface area contributed by atoms with Crippen molar-refractivity contribution in [3.63, 3.8) is 0 Å². The monoisotopic (exact) mass is 410 g/mol. The topological polar surface area (TPSA) is 102 Å². The fourth-order valence-electron chi connectivity index (χ4n) is 3.25. The molecular weight excluding hydrogens is 380 g/mol. The third-order valence-electron chi connectivity index (χ3n) is 5.23. The Balaban J connectivity index is 1.71. The number of hydrogen-bond donors (Lipinski definition) is 2. The number of esters is 1. The van der Waals surface area contributed by atoms with E-state index >= 15 is 0 Å². The highest BCUT2D eigenvalue weighted by molar-refractivity contribution is 7.89. The van der Waals surface area contributed by atoms with Gasteiger partial charge in [-0.1, -0.05) is 25.8 Å². The summed E-state index contributed by atoms with van der Waals surface area (Å²) in [5, 5.41) is 2.91. The zero-order valence-corrected chi connectivity index (χ0v) is 17.6. The Kier molecular flexibility index (Phi) is 8.00. The lowest BCUT2D eigenvalue weighted by Crippen LogP contribution is -2.43. The molecule has 7 nitrogen and oxygen atoms in total. The molecule has 2 atom stereocenters. The van der Waals surface area contributed by atoms with E-state index in [0.29, 0.717) is 5.92 Å². The average Bonchev–Trinajstić information content (AvgIpc) is 2.64. The lowest BCUT2D eigenvalue weighted by molar-refractivity contribution is -0.148. The molecule has 2 N–H and O–H groups in total. The molecule has 0 aromatic heterocycles. The number of carbonyl (C=O) groups excluding carboxylic acids is 2. The quantitative estimate of drug-likeness (QED) is 0.640. The van der Waals surface area contributed by atoms with Crippen molar-refractivity contribution < 1.29 is 22.7 Å². The first-order valence-electron chi connectivity index (χ1n) is 9.71. The molecular formula is C20H30N2O5S. The minimum absolute atomic E-state index is 0.0879. The highest BCUT2D eigenvalue weighted by atomic mass is 32.2. The summed E-state index contributed by atoms with van der Waals surface area (Å²) < 4.78 is 31.9. The van der Waals surface area contributed by atoms with Gasteiger partial charge in [0.15, 0.2) is 6.61 Å². The first-order valence-corrected chi connectivity index (χ1v) is 11.2. The molecule has 1 aromatic rings. The maximum absolute atomic E-state index is 12.3. The van der Waals surface area contributed by atoms with Gasteiger partial charge < -0.3 is 10.1 Å². The van der Waals surface area contributed by atoms with Crippen molar-refractivity contribution >= 4 is 21.9 Å². The molecule has 1 saturated carbocycles. The van der Waals surface area contributed by atoms with E-state index in [9.17, 15) is 18.0 Å². The van der Waals surface area contributed by atoms with Gasteiger partial charge in [0.2, 0.25) is 10.0 Å². The van der Waals surface area contributed by atoms with E-state index in [2.05, 4.69) is 17.0 Å². The van der Waals surface area contributed by atoms with Crippen molar-refractivity contribution in [3.8, 4) is 0 Å². The fourth-order valence-corrected chi connectivity index (χ4v) is 4.37. The van der Waals surface area contributed by atoms with Crippen molar-refractivity contribution in [2.45, 2.75) is 63.8 Å². The fraction of sp³-hybridized carbons (Fsp3) is 0.600. The van der Waals surface area contributed by atoms with Crippen LogP contribution in [-0.2, 0) is 24.3 Å². The molecule has 2 rings (SSSR count).